The summed E-state index contributed by atoms with van der Waals surface area (Å²) in [5.74, 6) is -0.502. The number of nitrogens with one attached hydrogen (secondary N) is 1. The minimum absolute atomic E-state index is 0.000509. The van der Waals surface area contributed by atoms with E-state index in [2.05, 4.69) is 29.6 Å². The van der Waals surface area contributed by atoms with E-state index in [4.69, 9.17) is 4.74 Å². The zero-order valence-electron chi connectivity index (χ0n) is 18.8. The summed E-state index contributed by atoms with van der Waals surface area (Å²) in [5, 5.41) is 12.3. The van der Waals surface area contributed by atoms with Gasteiger partial charge in [-0.2, -0.15) is 0 Å². The number of rotatable bonds is 5. The van der Waals surface area contributed by atoms with Gasteiger partial charge >= 0.3 is 12.1 Å². The maximum Gasteiger partial charge on any atom is 0.407 e. The SMILES string of the molecule is O=C(N[C@H]1CCC[C@@H](C(=O)N2CSCC2C(=O)O)C1)OCC1c2ccccc2-c2ccccc21. The highest BCUT2D eigenvalue weighted by Gasteiger charge is 2.39. The average Bonchev–Trinajstić information content (AvgIpc) is 3.46. The van der Waals surface area contributed by atoms with Crippen molar-refractivity contribution in [1.29, 1.82) is 0 Å². The molecule has 2 aromatic carbocycles. The van der Waals surface area contributed by atoms with Crippen LogP contribution >= 0.6 is 11.8 Å². The lowest BCUT2D eigenvalue weighted by molar-refractivity contribution is -0.150. The van der Waals surface area contributed by atoms with Gasteiger partial charge in [0, 0.05) is 23.6 Å². The monoisotopic (exact) mass is 480 g/mol. The molecule has 0 bridgehead atoms. The Labute approximate surface area is 202 Å². The number of aliphatic carboxylic acids is 1. The van der Waals surface area contributed by atoms with Gasteiger partial charge in [-0.05, 0) is 41.5 Å². The van der Waals surface area contributed by atoms with Crippen molar-refractivity contribution in [1.82, 2.24) is 10.2 Å². The number of nitrogens with zero attached hydrogens (tertiary/aromatic N) is 1. The number of thioether (sulfide) groups is 1. The number of amides is 2. The maximum atomic E-state index is 13.0. The first-order valence-electron chi connectivity index (χ1n) is 11.8. The van der Waals surface area contributed by atoms with E-state index in [-0.39, 0.29) is 30.4 Å². The van der Waals surface area contributed by atoms with Crippen molar-refractivity contribution >= 4 is 29.7 Å². The van der Waals surface area contributed by atoms with E-state index >= 15 is 0 Å². The molecule has 3 atom stereocenters. The molecule has 1 saturated heterocycles. The average molecular weight is 481 g/mol. The van der Waals surface area contributed by atoms with Crippen LogP contribution in [-0.4, -0.2) is 58.3 Å². The van der Waals surface area contributed by atoms with Gasteiger partial charge in [-0.15, -0.1) is 11.8 Å². The molecule has 0 radical (unpaired) electrons. The summed E-state index contributed by atoms with van der Waals surface area (Å²) in [4.78, 5) is 38.6. The van der Waals surface area contributed by atoms with Gasteiger partial charge in [0.15, 0.2) is 0 Å². The second-order valence-electron chi connectivity index (χ2n) is 9.19. The molecule has 0 aromatic heterocycles. The number of carbonyl (C=O) groups is 3. The Morgan fingerprint density at radius 2 is 1.71 bits per heavy atom. The second kappa shape index (κ2) is 9.70. The number of hydrogen-bond donors (Lipinski definition) is 2. The third-order valence-corrected chi connectivity index (χ3v) is 8.15. The number of ether oxygens (including phenoxy) is 1. The van der Waals surface area contributed by atoms with Crippen molar-refractivity contribution in [2.75, 3.05) is 18.2 Å². The summed E-state index contributed by atoms with van der Waals surface area (Å²) >= 11 is 1.47. The van der Waals surface area contributed by atoms with Crippen LogP contribution in [-0.2, 0) is 14.3 Å². The molecule has 1 aliphatic heterocycles. The second-order valence-corrected chi connectivity index (χ2v) is 10.2. The van der Waals surface area contributed by atoms with Crippen LogP contribution in [0, 0.1) is 5.92 Å². The lowest BCUT2D eigenvalue weighted by atomic mass is 9.84. The van der Waals surface area contributed by atoms with Gasteiger partial charge in [0.05, 0.1) is 5.88 Å². The van der Waals surface area contributed by atoms with Crippen molar-refractivity contribution < 1.29 is 24.2 Å². The van der Waals surface area contributed by atoms with Crippen LogP contribution in [0.1, 0.15) is 42.7 Å². The van der Waals surface area contributed by atoms with Crippen LogP contribution in [0.4, 0.5) is 4.79 Å². The van der Waals surface area contributed by atoms with Gasteiger partial charge in [0.1, 0.15) is 12.6 Å². The lowest BCUT2D eigenvalue weighted by Gasteiger charge is -2.32. The van der Waals surface area contributed by atoms with E-state index in [0.29, 0.717) is 18.1 Å². The highest BCUT2D eigenvalue weighted by molar-refractivity contribution is 7.99. The summed E-state index contributed by atoms with van der Waals surface area (Å²) in [6.45, 7) is 0.250. The summed E-state index contributed by atoms with van der Waals surface area (Å²) < 4.78 is 5.66. The van der Waals surface area contributed by atoms with Gasteiger partial charge in [-0.25, -0.2) is 9.59 Å². The molecule has 1 heterocycles. The van der Waals surface area contributed by atoms with Crippen LogP contribution in [0.15, 0.2) is 48.5 Å². The van der Waals surface area contributed by atoms with Crippen LogP contribution in [0.2, 0.25) is 0 Å². The predicted molar refractivity (Wildman–Crippen MR) is 130 cm³/mol. The van der Waals surface area contributed by atoms with Crippen LogP contribution in [0.25, 0.3) is 11.1 Å². The Kier molecular flexibility index (Phi) is 6.50. The summed E-state index contributed by atoms with van der Waals surface area (Å²) in [7, 11) is 0. The number of alkyl carbamates (subject to hydrolysis) is 1. The number of carboxylic acids is 1. The van der Waals surface area contributed by atoms with Crippen LogP contribution in [0.5, 0.6) is 0 Å². The standard InChI is InChI=1S/C26H28N2O5S/c29-24(28-15-34-14-23(28)25(30)31)16-6-5-7-17(12-16)27-26(32)33-13-22-20-10-3-1-8-18(20)19-9-2-4-11-21(19)22/h1-4,8-11,16-17,22-23H,5-7,12-15H2,(H,27,32)(H,30,31)/t16-,17+,23?/m1/s1. The predicted octanol–water partition coefficient (Wildman–Crippen LogP) is 4.07. The molecule has 2 N–H and O–H groups in total. The molecule has 178 valence electrons. The molecule has 8 heteroatoms. The highest BCUT2D eigenvalue weighted by Crippen LogP contribution is 2.44. The fourth-order valence-corrected chi connectivity index (χ4v) is 6.61. The third-order valence-electron chi connectivity index (χ3n) is 7.14. The number of carbonyl (C=O) groups excluding carboxylic acids is 2. The molecule has 7 nitrogen and oxygen atoms in total. The molecule has 1 saturated carbocycles. The normalized spacial score (nSPS) is 23.8. The fraction of sp³-hybridized carbons (Fsp3) is 0.423. The largest absolute Gasteiger partial charge is 0.480 e. The van der Waals surface area contributed by atoms with E-state index in [1.54, 1.807) is 0 Å². The number of fused-ring (bicyclic) bond motifs is 3. The Morgan fingerprint density at radius 3 is 2.38 bits per heavy atom. The smallest absolute Gasteiger partial charge is 0.407 e. The highest BCUT2D eigenvalue weighted by atomic mass is 32.2. The molecule has 5 rings (SSSR count). The van der Waals surface area contributed by atoms with Crippen molar-refractivity contribution in [3.8, 4) is 11.1 Å². The molecule has 0 spiro atoms. The van der Waals surface area contributed by atoms with Crippen molar-refractivity contribution in [2.45, 2.75) is 43.7 Å². The molecule has 3 aliphatic rings. The first kappa shape index (κ1) is 22.8. The Bertz CT molecular complexity index is 1060. The van der Waals surface area contributed by atoms with Crippen molar-refractivity contribution in [3.63, 3.8) is 0 Å². The first-order chi connectivity index (χ1) is 16.5. The van der Waals surface area contributed by atoms with Crippen molar-refractivity contribution in [3.05, 3.63) is 59.7 Å². The number of hydrogen-bond acceptors (Lipinski definition) is 5. The van der Waals surface area contributed by atoms with Gasteiger partial charge in [0.2, 0.25) is 5.91 Å². The summed E-state index contributed by atoms with van der Waals surface area (Å²) in [6.07, 6.45) is 2.35. The van der Waals surface area contributed by atoms with E-state index in [0.717, 1.165) is 30.4 Å². The van der Waals surface area contributed by atoms with Crippen LogP contribution in [0.3, 0.4) is 0 Å². The molecule has 2 aromatic rings. The minimum Gasteiger partial charge on any atom is -0.480 e. The van der Waals surface area contributed by atoms with Crippen LogP contribution < -0.4 is 5.32 Å². The summed E-state index contributed by atoms with van der Waals surface area (Å²) in [5.41, 5.74) is 4.69. The van der Waals surface area contributed by atoms with Crippen molar-refractivity contribution in [2.24, 2.45) is 5.92 Å². The molecular formula is C26H28N2O5S. The van der Waals surface area contributed by atoms with Gasteiger partial charge in [-0.1, -0.05) is 55.0 Å². The lowest BCUT2D eigenvalue weighted by Crippen LogP contribution is -2.47. The third kappa shape index (κ3) is 4.39. The minimum atomic E-state index is -0.956. The topological polar surface area (TPSA) is 95.9 Å². The van der Waals surface area contributed by atoms with E-state index in [1.807, 2.05) is 24.3 Å². The number of carboxylic acid groups (broad SMARTS) is 1. The molecule has 1 unspecified atom stereocenters. The quantitative estimate of drug-likeness (QED) is 0.670. The van der Waals surface area contributed by atoms with Gasteiger partial charge in [0.25, 0.3) is 0 Å². The van der Waals surface area contributed by atoms with E-state index in [9.17, 15) is 19.5 Å². The molecular weight excluding hydrogens is 452 g/mol. The van der Waals surface area contributed by atoms with Gasteiger partial charge in [-0.3, -0.25) is 4.79 Å². The molecule has 2 fully saturated rings. The fourth-order valence-electron chi connectivity index (χ4n) is 5.45. The molecule has 34 heavy (non-hydrogen) atoms. The zero-order valence-corrected chi connectivity index (χ0v) is 19.6. The van der Waals surface area contributed by atoms with Gasteiger partial charge < -0.3 is 20.1 Å². The Morgan fingerprint density at radius 1 is 1.03 bits per heavy atom. The Balaban J connectivity index is 1.18. The first-order valence-corrected chi connectivity index (χ1v) is 12.9. The van der Waals surface area contributed by atoms with E-state index < -0.39 is 18.1 Å². The summed E-state index contributed by atoms with van der Waals surface area (Å²) in [6, 6.07) is 15.5. The molecule has 2 aliphatic carbocycles. The Hall–Kier alpha value is -3.00. The van der Waals surface area contributed by atoms with E-state index in [1.165, 1.54) is 27.8 Å². The molecule has 2 amide bonds. The maximum absolute atomic E-state index is 13.0. The zero-order chi connectivity index (χ0) is 23.7. The number of benzene rings is 2.